The van der Waals surface area contributed by atoms with E-state index in [1.807, 2.05) is 4.90 Å². The van der Waals surface area contributed by atoms with E-state index in [2.05, 4.69) is 26.3 Å². The molecule has 5 nitrogen and oxygen atoms in total. The van der Waals surface area contributed by atoms with Crippen LogP contribution >= 0.6 is 15.9 Å². The van der Waals surface area contributed by atoms with Gasteiger partial charge in [0.25, 0.3) is 5.91 Å². The van der Waals surface area contributed by atoms with Crippen molar-refractivity contribution in [2.45, 2.75) is 0 Å². The van der Waals surface area contributed by atoms with Crippen LogP contribution in [0.1, 0.15) is 10.4 Å². The van der Waals surface area contributed by atoms with Gasteiger partial charge in [0.1, 0.15) is 4.60 Å². The Morgan fingerprint density at radius 1 is 1.53 bits per heavy atom. The number of piperazine rings is 1. The number of halogens is 1. The number of aromatic nitrogens is 2. The Morgan fingerprint density at radius 3 is 2.73 bits per heavy atom. The number of rotatable bonds is 1. The van der Waals surface area contributed by atoms with Crippen LogP contribution in [0.5, 0.6) is 0 Å². The maximum absolute atomic E-state index is 12.0. The van der Waals surface area contributed by atoms with E-state index in [-0.39, 0.29) is 5.91 Å². The Morgan fingerprint density at radius 2 is 2.20 bits per heavy atom. The van der Waals surface area contributed by atoms with Gasteiger partial charge in [-0.25, -0.2) is 0 Å². The molecule has 0 atom stereocenters. The summed E-state index contributed by atoms with van der Waals surface area (Å²) in [5, 5.41) is 7.25. The normalized spacial score (nSPS) is 16.8. The molecule has 1 aromatic rings. The van der Waals surface area contributed by atoms with Crippen molar-refractivity contribution in [3.05, 3.63) is 16.4 Å². The lowest BCUT2D eigenvalue weighted by atomic mass is 10.2. The summed E-state index contributed by atoms with van der Waals surface area (Å²) in [7, 11) is 1.80. The van der Waals surface area contributed by atoms with Crippen LogP contribution in [0, 0.1) is 0 Å². The summed E-state index contributed by atoms with van der Waals surface area (Å²) in [6.45, 7) is 3.26. The number of carbonyl (C=O) groups is 1. The molecule has 2 heterocycles. The van der Waals surface area contributed by atoms with Crippen LogP contribution in [0.25, 0.3) is 0 Å². The Balaban J connectivity index is 2.16. The highest BCUT2D eigenvalue weighted by molar-refractivity contribution is 9.10. The summed E-state index contributed by atoms with van der Waals surface area (Å²) in [6.07, 6.45) is 1.61. The molecular weight excluding hydrogens is 260 g/mol. The number of amides is 1. The summed E-state index contributed by atoms with van der Waals surface area (Å²) in [5.41, 5.74) is 0.638. The molecule has 1 aliphatic rings. The van der Waals surface area contributed by atoms with Crippen LogP contribution in [-0.4, -0.2) is 46.8 Å². The second kappa shape index (κ2) is 4.32. The van der Waals surface area contributed by atoms with Gasteiger partial charge in [0.15, 0.2) is 0 Å². The van der Waals surface area contributed by atoms with Gasteiger partial charge in [0.05, 0.1) is 11.8 Å². The first-order chi connectivity index (χ1) is 7.20. The van der Waals surface area contributed by atoms with Gasteiger partial charge in [0, 0.05) is 33.2 Å². The zero-order valence-electron chi connectivity index (χ0n) is 8.53. The minimum atomic E-state index is 0.0523. The lowest BCUT2D eigenvalue weighted by molar-refractivity contribution is 0.0735. The largest absolute Gasteiger partial charge is 0.336 e. The number of hydrogen-bond donors (Lipinski definition) is 1. The third-order valence-corrected chi connectivity index (χ3v) is 3.44. The highest BCUT2D eigenvalue weighted by atomic mass is 79.9. The monoisotopic (exact) mass is 272 g/mol. The predicted octanol–water partition coefficient (Wildman–Crippen LogP) is 0.228. The fraction of sp³-hybridized carbons (Fsp3) is 0.556. The van der Waals surface area contributed by atoms with Gasteiger partial charge >= 0.3 is 0 Å². The molecule has 0 unspecified atom stereocenters. The van der Waals surface area contributed by atoms with Crippen molar-refractivity contribution < 1.29 is 4.79 Å². The molecule has 1 fully saturated rings. The number of hydrogen-bond acceptors (Lipinski definition) is 3. The van der Waals surface area contributed by atoms with Crippen LogP contribution < -0.4 is 5.32 Å². The lowest BCUT2D eigenvalue weighted by Gasteiger charge is -2.27. The molecule has 6 heteroatoms. The molecular formula is C9H13BrN4O. The van der Waals surface area contributed by atoms with Crippen molar-refractivity contribution in [3.63, 3.8) is 0 Å². The van der Waals surface area contributed by atoms with Crippen molar-refractivity contribution >= 4 is 21.8 Å². The summed E-state index contributed by atoms with van der Waals surface area (Å²) >= 11 is 3.35. The standard InChI is InChI=1S/C9H13BrN4O/c1-13-8(10)7(6-12-13)9(15)14-4-2-11-3-5-14/h6,11H,2-5H2,1H3. The van der Waals surface area contributed by atoms with Crippen molar-refractivity contribution in [1.82, 2.24) is 20.0 Å². The zero-order chi connectivity index (χ0) is 10.8. The van der Waals surface area contributed by atoms with Gasteiger partial charge in [-0.05, 0) is 15.9 Å². The van der Waals surface area contributed by atoms with Gasteiger partial charge in [-0.1, -0.05) is 0 Å². The van der Waals surface area contributed by atoms with Gasteiger partial charge < -0.3 is 10.2 Å². The summed E-state index contributed by atoms with van der Waals surface area (Å²) < 4.78 is 2.39. The fourth-order valence-electron chi connectivity index (χ4n) is 1.60. The first kappa shape index (κ1) is 10.6. The van der Waals surface area contributed by atoms with Crippen molar-refractivity contribution in [1.29, 1.82) is 0 Å². The molecule has 0 aliphatic carbocycles. The number of nitrogens with zero attached hydrogens (tertiary/aromatic N) is 3. The number of aryl methyl sites for hydroxylation is 1. The quantitative estimate of drug-likeness (QED) is 0.796. The molecule has 0 spiro atoms. The number of nitrogens with one attached hydrogen (secondary N) is 1. The third-order valence-electron chi connectivity index (χ3n) is 2.50. The molecule has 0 saturated carbocycles. The van der Waals surface area contributed by atoms with E-state index in [4.69, 9.17) is 0 Å². The Hall–Kier alpha value is -0.880. The molecule has 82 valence electrons. The zero-order valence-corrected chi connectivity index (χ0v) is 10.1. The Kier molecular flexibility index (Phi) is 3.06. The van der Waals surface area contributed by atoms with Gasteiger partial charge in [0.2, 0.25) is 0 Å². The molecule has 0 aromatic carbocycles. The first-order valence-corrected chi connectivity index (χ1v) is 5.67. The fourth-order valence-corrected chi connectivity index (χ4v) is 1.97. The smallest absolute Gasteiger partial charge is 0.258 e. The molecule has 0 radical (unpaired) electrons. The van der Waals surface area contributed by atoms with E-state index in [9.17, 15) is 4.79 Å². The van der Waals surface area contributed by atoms with E-state index in [1.165, 1.54) is 0 Å². The highest BCUT2D eigenvalue weighted by Gasteiger charge is 2.21. The molecule has 15 heavy (non-hydrogen) atoms. The van der Waals surface area contributed by atoms with E-state index in [0.29, 0.717) is 5.56 Å². The second-order valence-corrected chi connectivity index (χ2v) is 4.27. The van der Waals surface area contributed by atoms with Crippen LogP contribution in [0.3, 0.4) is 0 Å². The average Bonchev–Trinajstić information content (AvgIpc) is 2.60. The molecule has 2 rings (SSSR count). The predicted molar refractivity (Wildman–Crippen MR) is 59.7 cm³/mol. The van der Waals surface area contributed by atoms with Gasteiger partial charge in [-0.15, -0.1) is 0 Å². The molecule has 1 aromatic heterocycles. The van der Waals surface area contributed by atoms with E-state index in [0.717, 1.165) is 30.8 Å². The van der Waals surface area contributed by atoms with E-state index < -0.39 is 0 Å². The molecule has 1 N–H and O–H groups in total. The third kappa shape index (κ3) is 2.05. The minimum Gasteiger partial charge on any atom is -0.336 e. The van der Waals surface area contributed by atoms with E-state index >= 15 is 0 Å². The van der Waals surface area contributed by atoms with Crippen molar-refractivity contribution in [3.8, 4) is 0 Å². The van der Waals surface area contributed by atoms with E-state index in [1.54, 1.807) is 17.9 Å². The summed E-state index contributed by atoms with van der Waals surface area (Å²) in [6, 6.07) is 0. The first-order valence-electron chi connectivity index (χ1n) is 4.87. The van der Waals surface area contributed by atoms with Crippen molar-refractivity contribution in [2.24, 2.45) is 7.05 Å². The minimum absolute atomic E-state index is 0.0523. The molecule has 1 aliphatic heterocycles. The van der Waals surface area contributed by atoms with Gasteiger partial charge in [-0.2, -0.15) is 5.10 Å². The Bertz CT molecular complexity index is 370. The van der Waals surface area contributed by atoms with Crippen molar-refractivity contribution in [2.75, 3.05) is 26.2 Å². The summed E-state index contributed by atoms with van der Waals surface area (Å²) in [5.74, 6) is 0.0523. The second-order valence-electron chi connectivity index (χ2n) is 3.51. The highest BCUT2D eigenvalue weighted by Crippen LogP contribution is 2.17. The van der Waals surface area contributed by atoms with Crippen LogP contribution in [0.15, 0.2) is 10.8 Å². The van der Waals surface area contributed by atoms with Crippen LogP contribution in [0.2, 0.25) is 0 Å². The van der Waals surface area contributed by atoms with Crippen LogP contribution in [-0.2, 0) is 7.05 Å². The Labute approximate surface area is 96.6 Å². The molecule has 1 saturated heterocycles. The SMILES string of the molecule is Cn1ncc(C(=O)N2CCNCC2)c1Br. The topological polar surface area (TPSA) is 50.2 Å². The molecule has 0 bridgehead atoms. The number of carbonyl (C=O) groups excluding carboxylic acids is 1. The maximum Gasteiger partial charge on any atom is 0.258 e. The lowest BCUT2D eigenvalue weighted by Crippen LogP contribution is -2.46. The molecule has 1 amide bonds. The summed E-state index contributed by atoms with van der Waals surface area (Å²) in [4.78, 5) is 13.9. The van der Waals surface area contributed by atoms with Crippen LogP contribution in [0.4, 0.5) is 0 Å². The van der Waals surface area contributed by atoms with Gasteiger partial charge in [-0.3, -0.25) is 9.48 Å². The average molecular weight is 273 g/mol. The maximum atomic E-state index is 12.0.